The number of fused-ring (bicyclic) bond motifs is 1. The zero-order valence-electron chi connectivity index (χ0n) is 8.16. The Morgan fingerprint density at radius 3 is 2.79 bits per heavy atom. The molecule has 0 bridgehead atoms. The van der Waals surface area contributed by atoms with Crippen molar-refractivity contribution >= 4 is 5.69 Å². The number of hydrogen-bond donors (Lipinski definition) is 1. The Morgan fingerprint density at radius 2 is 1.93 bits per heavy atom. The summed E-state index contributed by atoms with van der Waals surface area (Å²) in [4.78, 5) is 5.81. The summed E-state index contributed by atoms with van der Waals surface area (Å²) in [7, 11) is 0. The molecule has 3 rings (SSSR count). The van der Waals surface area contributed by atoms with Gasteiger partial charge >= 0.3 is 0 Å². The van der Waals surface area contributed by atoms with Gasteiger partial charge in [0.05, 0.1) is 11.4 Å². The second-order valence-electron chi connectivity index (χ2n) is 3.91. The molecule has 3 aliphatic rings. The highest BCUT2D eigenvalue weighted by Gasteiger charge is 2.18. The summed E-state index contributed by atoms with van der Waals surface area (Å²) >= 11 is 0. The van der Waals surface area contributed by atoms with Crippen molar-refractivity contribution in [2.45, 2.75) is 12.8 Å². The highest BCUT2D eigenvalue weighted by molar-refractivity contribution is 5.79. The molecule has 0 atom stereocenters. The van der Waals surface area contributed by atoms with Crippen molar-refractivity contribution < 1.29 is 0 Å². The van der Waals surface area contributed by atoms with Gasteiger partial charge in [0.1, 0.15) is 0 Å². The fourth-order valence-corrected chi connectivity index (χ4v) is 2.28. The Morgan fingerprint density at radius 1 is 1.07 bits per heavy atom. The molecule has 2 heterocycles. The first-order chi connectivity index (χ1) is 6.95. The van der Waals surface area contributed by atoms with E-state index >= 15 is 0 Å². The van der Waals surface area contributed by atoms with Gasteiger partial charge in [0.15, 0.2) is 0 Å². The summed E-state index contributed by atoms with van der Waals surface area (Å²) in [5, 5.41) is 0. The summed E-state index contributed by atoms with van der Waals surface area (Å²) in [6.07, 6.45) is 4.67. The minimum atomic E-state index is 1.21. The Bertz CT molecular complexity index is 399. The molecule has 0 radical (unpaired) electrons. The van der Waals surface area contributed by atoms with Crippen molar-refractivity contribution in [1.29, 1.82) is 0 Å². The van der Waals surface area contributed by atoms with Gasteiger partial charge in [-0.2, -0.15) is 0 Å². The third-order valence-electron chi connectivity index (χ3n) is 3.01. The van der Waals surface area contributed by atoms with Crippen molar-refractivity contribution in [2.75, 3.05) is 18.0 Å². The van der Waals surface area contributed by atoms with Crippen molar-refractivity contribution in [3.8, 4) is 11.3 Å². The molecule has 2 heteroatoms. The van der Waals surface area contributed by atoms with E-state index in [-0.39, 0.29) is 0 Å². The third-order valence-corrected chi connectivity index (χ3v) is 3.01. The molecule has 0 saturated carbocycles. The molecule has 0 spiro atoms. The van der Waals surface area contributed by atoms with E-state index in [1.165, 1.54) is 42.9 Å². The van der Waals surface area contributed by atoms with E-state index in [0.717, 1.165) is 0 Å². The van der Waals surface area contributed by atoms with Crippen molar-refractivity contribution in [2.24, 2.45) is 0 Å². The number of pyridine rings is 1. The van der Waals surface area contributed by atoms with Crippen molar-refractivity contribution in [3.63, 3.8) is 0 Å². The standard InChI is InChI=1S/C12H14N2/c1-2-9-14(8-1)11-6-5-10-4-3-7-13-12(10)11/h3-7,13H,1-2,8-9H2. The number of rotatable bonds is 1. The Kier molecular flexibility index (Phi) is 1.72. The predicted molar refractivity (Wildman–Crippen MR) is 58.9 cm³/mol. The van der Waals surface area contributed by atoms with E-state index in [2.05, 4.69) is 34.1 Å². The summed E-state index contributed by atoms with van der Waals surface area (Å²) in [5.41, 5.74) is 3.97. The molecular formula is C12H14N2. The largest absolute Gasteiger partial charge is 0.370 e. The van der Waals surface area contributed by atoms with Gasteiger partial charge in [-0.05, 0) is 25.0 Å². The molecular weight excluding hydrogens is 172 g/mol. The van der Waals surface area contributed by atoms with Crippen LogP contribution in [0.1, 0.15) is 12.8 Å². The fraction of sp³-hybridized carbons (Fsp3) is 0.333. The predicted octanol–water partition coefficient (Wildman–Crippen LogP) is 2.72. The number of aromatic nitrogens is 1. The molecule has 1 N–H and O–H groups in total. The lowest BCUT2D eigenvalue weighted by Gasteiger charge is -2.17. The Balaban J connectivity index is 2.05. The van der Waals surface area contributed by atoms with E-state index in [4.69, 9.17) is 0 Å². The number of nitrogens with zero attached hydrogens (tertiary/aromatic N) is 1. The van der Waals surface area contributed by atoms with Gasteiger partial charge in [0, 0.05) is 24.8 Å². The number of aromatic amines is 1. The maximum atomic E-state index is 3.33. The van der Waals surface area contributed by atoms with E-state index in [9.17, 15) is 0 Å². The van der Waals surface area contributed by atoms with Crippen LogP contribution in [0, 0.1) is 0 Å². The highest BCUT2D eigenvalue weighted by Crippen LogP contribution is 2.34. The van der Waals surface area contributed by atoms with Crippen LogP contribution < -0.4 is 4.90 Å². The number of H-pyrrole nitrogens is 1. The van der Waals surface area contributed by atoms with Crippen LogP contribution >= 0.6 is 0 Å². The van der Waals surface area contributed by atoms with Gasteiger partial charge < -0.3 is 9.88 Å². The third kappa shape index (κ3) is 1.10. The minimum Gasteiger partial charge on any atom is -0.370 e. The van der Waals surface area contributed by atoms with Gasteiger partial charge in [-0.15, -0.1) is 0 Å². The van der Waals surface area contributed by atoms with Crippen LogP contribution in [-0.2, 0) is 0 Å². The second kappa shape index (κ2) is 3.05. The van der Waals surface area contributed by atoms with Crippen LogP contribution in [0.4, 0.5) is 5.69 Å². The monoisotopic (exact) mass is 186 g/mol. The fourth-order valence-electron chi connectivity index (χ4n) is 2.28. The molecule has 2 nitrogen and oxygen atoms in total. The first kappa shape index (κ1) is 7.92. The maximum Gasteiger partial charge on any atom is 0.0691 e. The van der Waals surface area contributed by atoms with E-state index < -0.39 is 0 Å². The summed E-state index contributed by atoms with van der Waals surface area (Å²) in [6.45, 7) is 2.42. The summed E-state index contributed by atoms with van der Waals surface area (Å²) in [6, 6.07) is 8.63. The smallest absolute Gasteiger partial charge is 0.0691 e. The zero-order valence-corrected chi connectivity index (χ0v) is 8.16. The first-order valence-electron chi connectivity index (χ1n) is 5.26. The Hall–Kier alpha value is -1.44. The average molecular weight is 186 g/mol. The molecule has 1 saturated heterocycles. The summed E-state index contributed by atoms with van der Waals surface area (Å²) in [5.74, 6) is 0. The molecule has 2 aliphatic heterocycles. The molecule has 0 aromatic rings. The van der Waals surface area contributed by atoms with Gasteiger partial charge in [-0.25, -0.2) is 0 Å². The molecule has 0 amide bonds. The van der Waals surface area contributed by atoms with Gasteiger partial charge in [-0.3, -0.25) is 0 Å². The number of nitrogens with one attached hydrogen (secondary N) is 1. The zero-order chi connectivity index (χ0) is 9.38. The number of hydrogen-bond acceptors (Lipinski definition) is 1. The normalized spacial score (nSPS) is 16.7. The van der Waals surface area contributed by atoms with Crippen LogP contribution in [0.3, 0.4) is 0 Å². The topological polar surface area (TPSA) is 19.0 Å². The first-order valence-corrected chi connectivity index (χ1v) is 5.26. The maximum absolute atomic E-state index is 3.33. The van der Waals surface area contributed by atoms with Crippen LogP contribution in [0.25, 0.3) is 11.3 Å². The molecule has 1 fully saturated rings. The van der Waals surface area contributed by atoms with Crippen LogP contribution in [0.15, 0.2) is 30.5 Å². The molecule has 0 unspecified atom stereocenters. The van der Waals surface area contributed by atoms with Crippen LogP contribution in [-0.4, -0.2) is 18.1 Å². The van der Waals surface area contributed by atoms with Crippen molar-refractivity contribution in [1.82, 2.24) is 4.98 Å². The van der Waals surface area contributed by atoms with E-state index in [0.29, 0.717) is 0 Å². The van der Waals surface area contributed by atoms with Gasteiger partial charge in [-0.1, -0.05) is 12.1 Å². The minimum absolute atomic E-state index is 1.21. The molecule has 14 heavy (non-hydrogen) atoms. The lowest BCUT2D eigenvalue weighted by atomic mass is 10.2. The molecule has 1 aliphatic carbocycles. The lowest BCUT2D eigenvalue weighted by molar-refractivity contribution is 0.949. The van der Waals surface area contributed by atoms with Crippen molar-refractivity contribution in [3.05, 3.63) is 30.5 Å². The van der Waals surface area contributed by atoms with Crippen LogP contribution in [0.5, 0.6) is 0 Å². The summed E-state index contributed by atoms with van der Waals surface area (Å²) < 4.78 is 0. The number of anilines is 1. The SMILES string of the molecule is c1c[nH]c2c(N3CCCC3)ccc-2c1. The van der Waals surface area contributed by atoms with E-state index in [1.54, 1.807) is 0 Å². The lowest BCUT2D eigenvalue weighted by Crippen LogP contribution is -2.17. The quantitative estimate of drug-likeness (QED) is 0.725. The molecule has 72 valence electrons. The highest BCUT2D eigenvalue weighted by atomic mass is 15.2. The van der Waals surface area contributed by atoms with Crippen LogP contribution in [0.2, 0.25) is 0 Å². The average Bonchev–Trinajstić information content (AvgIpc) is 2.85. The van der Waals surface area contributed by atoms with Gasteiger partial charge in [0.25, 0.3) is 0 Å². The van der Waals surface area contributed by atoms with E-state index in [1.807, 2.05) is 6.20 Å². The van der Waals surface area contributed by atoms with Gasteiger partial charge in [0.2, 0.25) is 0 Å². The Labute approximate surface area is 83.9 Å². The second-order valence-corrected chi connectivity index (χ2v) is 3.91. The molecule has 0 aromatic heterocycles. The molecule has 0 aromatic carbocycles.